The second-order valence-electron chi connectivity index (χ2n) is 5.03. The first-order valence-corrected chi connectivity index (χ1v) is 5.55. The molecule has 1 aliphatic heterocycles. The van der Waals surface area contributed by atoms with Gasteiger partial charge in [0.2, 0.25) is 0 Å². The Kier molecular flexibility index (Phi) is 3.45. The zero-order valence-electron chi connectivity index (χ0n) is 10.4. The summed E-state index contributed by atoms with van der Waals surface area (Å²) in [6, 6.07) is -0.189. The van der Waals surface area contributed by atoms with Crippen molar-refractivity contribution in [1.29, 1.82) is 0 Å². The molecule has 0 radical (unpaired) electrons. The fraction of sp³-hybridized carbons (Fsp3) is 0.818. The molecule has 16 heavy (non-hydrogen) atoms. The summed E-state index contributed by atoms with van der Waals surface area (Å²) in [6.45, 7) is 6.65. The number of urea groups is 1. The molecule has 92 valence electrons. The van der Waals surface area contributed by atoms with E-state index in [-0.39, 0.29) is 11.9 Å². The van der Waals surface area contributed by atoms with Crippen LogP contribution in [-0.4, -0.2) is 52.6 Å². The SMILES string of the molecule is CC(C)CC(C)(C(=O)O)N1CCN(C)C1=O. The van der Waals surface area contributed by atoms with Gasteiger partial charge in [-0.25, -0.2) is 9.59 Å². The lowest BCUT2D eigenvalue weighted by Gasteiger charge is -2.35. The maximum atomic E-state index is 11.8. The summed E-state index contributed by atoms with van der Waals surface area (Å²) in [6.07, 6.45) is 0.474. The number of rotatable bonds is 4. The highest BCUT2D eigenvalue weighted by atomic mass is 16.4. The third-order valence-electron chi connectivity index (χ3n) is 3.08. The van der Waals surface area contributed by atoms with Crippen LogP contribution in [0.25, 0.3) is 0 Å². The van der Waals surface area contributed by atoms with Crippen LogP contribution in [0.15, 0.2) is 0 Å². The summed E-state index contributed by atoms with van der Waals surface area (Å²) in [5.41, 5.74) is -1.09. The van der Waals surface area contributed by atoms with E-state index in [1.165, 1.54) is 4.90 Å². The van der Waals surface area contributed by atoms with Crippen molar-refractivity contribution < 1.29 is 14.7 Å². The lowest BCUT2D eigenvalue weighted by atomic mass is 9.89. The molecule has 0 saturated carbocycles. The van der Waals surface area contributed by atoms with Gasteiger partial charge in [-0.1, -0.05) is 13.8 Å². The average molecular weight is 228 g/mol. The van der Waals surface area contributed by atoms with Crippen molar-refractivity contribution in [3.05, 3.63) is 0 Å². The number of hydrogen-bond acceptors (Lipinski definition) is 2. The van der Waals surface area contributed by atoms with Gasteiger partial charge in [0.05, 0.1) is 0 Å². The summed E-state index contributed by atoms with van der Waals surface area (Å²) in [4.78, 5) is 26.2. The topological polar surface area (TPSA) is 60.9 Å². The quantitative estimate of drug-likeness (QED) is 0.787. The zero-order chi connectivity index (χ0) is 12.5. The molecule has 0 bridgehead atoms. The Bertz CT molecular complexity index is 304. The van der Waals surface area contributed by atoms with Crippen LogP contribution in [0.1, 0.15) is 27.2 Å². The van der Waals surface area contributed by atoms with Crippen molar-refractivity contribution in [2.75, 3.05) is 20.1 Å². The molecule has 1 aliphatic rings. The minimum atomic E-state index is -1.09. The zero-order valence-corrected chi connectivity index (χ0v) is 10.4. The summed E-state index contributed by atoms with van der Waals surface area (Å²) >= 11 is 0. The number of carboxylic acids is 1. The van der Waals surface area contributed by atoms with Crippen molar-refractivity contribution in [1.82, 2.24) is 9.80 Å². The fourth-order valence-electron chi connectivity index (χ4n) is 2.21. The molecule has 0 aromatic carbocycles. The van der Waals surface area contributed by atoms with E-state index in [1.54, 1.807) is 18.9 Å². The predicted molar refractivity (Wildman–Crippen MR) is 60.2 cm³/mol. The highest BCUT2D eigenvalue weighted by molar-refractivity contribution is 5.87. The molecule has 0 spiro atoms. The largest absolute Gasteiger partial charge is 0.480 e. The lowest BCUT2D eigenvalue weighted by molar-refractivity contribution is -0.149. The van der Waals surface area contributed by atoms with Crippen LogP contribution in [0.3, 0.4) is 0 Å². The molecule has 1 heterocycles. The summed E-state index contributed by atoms with van der Waals surface area (Å²) in [5.74, 6) is -0.690. The van der Waals surface area contributed by atoms with Gasteiger partial charge >= 0.3 is 12.0 Å². The van der Waals surface area contributed by atoms with E-state index >= 15 is 0 Å². The van der Waals surface area contributed by atoms with Crippen LogP contribution in [-0.2, 0) is 4.79 Å². The van der Waals surface area contributed by atoms with Crippen LogP contribution >= 0.6 is 0 Å². The standard InChI is InChI=1S/C11H20N2O3/c1-8(2)7-11(3,9(14)15)13-6-5-12(4)10(13)16/h8H,5-7H2,1-4H3,(H,14,15). The maximum Gasteiger partial charge on any atom is 0.329 e. The molecule has 1 saturated heterocycles. The van der Waals surface area contributed by atoms with E-state index in [0.29, 0.717) is 19.5 Å². The van der Waals surface area contributed by atoms with Crippen LogP contribution in [0, 0.1) is 5.92 Å². The van der Waals surface area contributed by atoms with Crippen LogP contribution in [0.2, 0.25) is 0 Å². The van der Waals surface area contributed by atoms with Crippen molar-refractivity contribution in [2.45, 2.75) is 32.7 Å². The molecular weight excluding hydrogens is 208 g/mol. The second kappa shape index (κ2) is 4.31. The Labute approximate surface area is 96.0 Å². The van der Waals surface area contributed by atoms with Crippen LogP contribution in [0.4, 0.5) is 4.79 Å². The Hall–Kier alpha value is -1.26. The molecule has 0 aromatic heterocycles. The fourth-order valence-corrected chi connectivity index (χ4v) is 2.21. The summed E-state index contributed by atoms with van der Waals surface area (Å²) < 4.78 is 0. The van der Waals surface area contributed by atoms with Gasteiger partial charge in [-0.3, -0.25) is 0 Å². The van der Waals surface area contributed by atoms with Gasteiger partial charge < -0.3 is 14.9 Å². The van der Waals surface area contributed by atoms with Gasteiger partial charge in [0, 0.05) is 20.1 Å². The second-order valence-corrected chi connectivity index (χ2v) is 5.03. The molecule has 1 unspecified atom stereocenters. The number of carbonyl (C=O) groups excluding carboxylic acids is 1. The minimum absolute atomic E-state index is 0.189. The van der Waals surface area contributed by atoms with Gasteiger partial charge in [-0.15, -0.1) is 0 Å². The molecule has 1 rings (SSSR count). The Morgan fingerprint density at radius 3 is 2.38 bits per heavy atom. The first kappa shape index (κ1) is 12.8. The number of amides is 2. The van der Waals surface area contributed by atoms with Crippen LogP contribution in [0.5, 0.6) is 0 Å². The number of carboxylic acid groups (broad SMARTS) is 1. The normalized spacial score (nSPS) is 20.4. The summed E-state index contributed by atoms with van der Waals surface area (Å²) in [5, 5.41) is 9.33. The molecule has 0 aromatic rings. The van der Waals surface area contributed by atoms with E-state index in [2.05, 4.69) is 0 Å². The van der Waals surface area contributed by atoms with Gasteiger partial charge in [-0.05, 0) is 19.3 Å². The molecule has 1 atom stereocenters. The van der Waals surface area contributed by atoms with Gasteiger partial charge in [0.15, 0.2) is 0 Å². The average Bonchev–Trinajstić information content (AvgIpc) is 2.46. The maximum absolute atomic E-state index is 11.8. The molecule has 2 amide bonds. The van der Waals surface area contributed by atoms with Crippen molar-refractivity contribution in [3.63, 3.8) is 0 Å². The number of hydrogen-bond donors (Lipinski definition) is 1. The number of carbonyl (C=O) groups is 2. The Morgan fingerprint density at radius 1 is 1.50 bits per heavy atom. The molecule has 5 heteroatoms. The van der Waals surface area contributed by atoms with E-state index in [1.807, 2.05) is 13.8 Å². The predicted octanol–water partition coefficient (Wildman–Crippen LogP) is 1.24. The number of nitrogens with zero attached hydrogens (tertiary/aromatic N) is 2. The molecule has 0 aliphatic carbocycles. The third-order valence-corrected chi connectivity index (χ3v) is 3.08. The minimum Gasteiger partial charge on any atom is -0.480 e. The van der Waals surface area contributed by atoms with Gasteiger partial charge in [-0.2, -0.15) is 0 Å². The Morgan fingerprint density at radius 2 is 2.06 bits per heavy atom. The van der Waals surface area contributed by atoms with Crippen molar-refractivity contribution in [3.8, 4) is 0 Å². The van der Waals surface area contributed by atoms with Gasteiger partial charge in [0.25, 0.3) is 0 Å². The molecule has 5 nitrogen and oxygen atoms in total. The highest BCUT2D eigenvalue weighted by Gasteiger charge is 2.46. The first-order valence-electron chi connectivity index (χ1n) is 5.55. The van der Waals surface area contributed by atoms with Crippen LogP contribution < -0.4 is 0 Å². The molecule has 1 N–H and O–H groups in total. The Balaban J connectivity index is 2.94. The first-order chi connectivity index (χ1) is 7.29. The van der Waals surface area contributed by atoms with Gasteiger partial charge in [0.1, 0.15) is 5.54 Å². The highest BCUT2D eigenvalue weighted by Crippen LogP contribution is 2.27. The van der Waals surface area contributed by atoms with Crippen molar-refractivity contribution >= 4 is 12.0 Å². The third kappa shape index (κ3) is 2.13. The number of likely N-dealkylation sites (N-methyl/N-ethyl adjacent to an activating group) is 1. The molecule has 1 fully saturated rings. The lowest BCUT2D eigenvalue weighted by Crippen LogP contribution is -2.54. The number of aliphatic carboxylic acids is 1. The van der Waals surface area contributed by atoms with E-state index in [9.17, 15) is 14.7 Å². The van der Waals surface area contributed by atoms with E-state index < -0.39 is 11.5 Å². The van der Waals surface area contributed by atoms with Crippen molar-refractivity contribution in [2.24, 2.45) is 5.92 Å². The van der Waals surface area contributed by atoms with E-state index in [0.717, 1.165) is 0 Å². The van der Waals surface area contributed by atoms with E-state index in [4.69, 9.17) is 0 Å². The monoisotopic (exact) mass is 228 g/mol. The molecular formula is C11H20N2O3. The smallest absolute Gasteiger partial charge is 0.329 e. The summed E-state index contributed by atoms with van der Waals surface area (Å²) in [7, 11) is 1.69.